The van der Waals surface area contributed by atoms with Crippen LogP contribution in [0.4, 0.5) is 5.82 Å². The molecule has 0 aliphatic heterocycles. The Morgan fingerprint density at radius 3 is 2.89 bits per heavy atom. The third kappa shape index (κ3) is 1.57. The van der Waals surface area contributed by atoms with E-state index in [1.54, 1.807) is 18.7 Å². The van der Waals surface area contributed by atoms with Crippen LogP contribution < -0.4 is 5.73 Å². The number of nitrogen functional groups attached to an aromatic ring is 1. The van der Waals surface area contributed by atoms with Crippen molar-refractivity contribution in [1.82, 2.24) is 15.2 Å². The summed E-state index contributed by atoms with van der Waals surface area (Å²) in [6.45, 7) is 1.98. The van der Waals surface area contributed by atoms with Gasteiger partial charge in [0.15, 0.2) is 11.6 Å². The number of nitrogens with one attached hydrogen (secondary N) is 1. The predicted molar refractivity (Wildman–Crippen MR) is 68.7 cm³/mol. The van der Waals surface area contributed by atoms with Gasteiger partial charge in [0.25, 0.3) is 0 Å². The molecule has 3 rings (SSSR count). The molecule has 0 spiro atoms. The van der Waals surface area contributed by atoms with E-state index in [0.717, 1.165) is 28.1 Å². The molecule has 3 N–H and O–H groups in total. The average Bonchev–Trinajstić information content (AvgIpc) is 2.96. The van der Waals surface area contributed by atoms with Crippen LogP contribution in [0.2, 0.25) is 0 Å². The minimum absolute atomic E-state index is 0.439. The second kappa shape index (κ2) is 4.03. The summed E-state index contributed by atoms with van der Waals surface area (Å²) in [5.74, 6) is 1.19. The van der Waals surface area contributed by atoms with Crippen LogP contribution in [0.5, 0.6) is 0 Å². The Morgan fingerprint density at radius 1 is 1.33 bits per heavy atom. The Morgan fingerprint density at radius 2 is 2.22 bits per heavy atom. The zero-order valence-electron chi connectivity index (χ0n) is 9.84. The summed E-state index contributed by atoms with van der Waals surface area (Å²) in [7, 11) is 0. The van der Waals surface area contributed by atoms with Gasteiger partial charge in [0.2, 0.25) is 0 Å². The highest BCUT2D eigenvalue weighted by Crippen LogP contribution is 2.35. The molecular formula is C13H12N4O. The van der Waals surface area contributed by atoms with Crippen LogP contribution >= 0.6 is 0 Å². The van der Waals surface area contributed by atoms with E-state index in [0.29, 0.717) is 5.82 Å². The van der Waals surface area contributed by atoms with E-state index in [1.807, 2.05) is 25.1 Å². The summed E-state index contributed by atoms with van der Waals surface area (Å²) in [6, 6.07) is 5.70. The largest absolute Gasteiger partial charge is 0.462 e. The molecule has 0 unspecified atom stereocenters. The molecule has 5 nitrogen and oxygen atoms in total. The Bertz CT molecular complexity index is 669. The molecule has 0 fully saturated rings. The summed E-state index contributed by atoms with van der Waals surface area (Å²) < 4.78 is 5.48. The topological polar surface area (TPSA) is 80.7 Å². The smallest absolute Gasteiger partial charge is 0.155 e. The van der Waals surface area contributed by atoms with Crippen LogP contribution in [0.15, 0.2) is 41.3 Å². The van der Waals surface area contributed by atoms with E-state index in [4.69, 9.17) is 10.2 Å². The molecule has 0 aliphatic carbocycles. The van der Waals surface area contributed by atoms with Gasteiger partial charge in [0, 0.05) is 18.0 Å². The van der Waals surface area contributed by atoms with Crippen molar-refractivity contribution in [1.29, 1.82) is 0 Å². The maximum Gasteiger partial charge on any atom is 0.155 e. The van der Waals surface area contributed by atoms with Crippen LogP contribution in [0, 0.1) is 6.92 Å². The van der Waals surface area contributed by atoms with Gasteiger partial charge >= 0.3 is 0 Å². The lowest BCUT2D eigenvalue weighted by molar-refractivity contribution is 0.578. The molecule has 5 heteroatoms. The summed E-state index contributed by atoms with van der Waals surface area (Å²) in [5.41, 5.74) is 9.46. The van der Waals surface area contributed by atoms with Crippen LogP contribution in [0.3, 0.4) is 0 Å². The van der Waals surface area contributed by atoms with Crippen molar-refractivity contribution < 1.29 is 4.42 Å². The first-order chi connectivity index (χ1) is 8.77. The minimum atomic E-state index is 0.439. The first-order valence-corrected chi connectivity index (χ1v) is 5.56. The first kappa shape index (κ1) is 10.6. The highest BCUT2D eigenvalue weighted by molar-refractivity contribution is 5.86. The van der Waals surface area contributed by atoms with Crippen molar-refractivity contribution in [2.75, 3.05) is 5.73 Å². The Balaban J connectivity index is 2.22. The molecule has 0 saturated heterocycles. The van der Waals surface area contributed by atoms with E-state index in [9.17, 15) is 0 Å². The number of aromatic amines is 1. The molecule has 0 amide bonds. The van der Waals surface area contributed by atoms with Gasteiger partial charge in [-0.1, -0.05) is 6.07 Å². The first-order valence-electron chi connectivity index (χ1n) is 5.56. The molecule has 18 heavy (non-hydrogen) atoms. The zero-order chi connectivity index (χ0) is 12.5. The molecule has 3 aromatic rings. The van der Waals surface area contributed by atoms with Crippen molar-refractivity contribution >= 4 is 5.82 Å². The van der Waals surface area contributed by atoms with Gasteiger partial charge in [-0.2, -0.15) is 5.10 Å². The zero-order valence-corrected chi connectivity index (χ0v) is 9.84. The van der Waals surface area contributed by atoms with Crippen molar-refractivity contribution in [2.45, 2.75) is 6.92 Å². The van der Waals surface area contributed by atoms with E-state index < -0.39 is 0 Å². The predicted octanol–water partition coefficient (Wildman–Crippen LogP) is 2.62. The molecular weight excluding hydrogens is 228 g/mol. The summed E-state index contributed by atoms with van der Waals surface area (Å²) in [4.78, 5) is 4.10. The second-order valence-corrected chi connectivity index (χ2v) is 4.03. The number of nitrogens with zero attached hydrogens (tertiary/aromatic N) is 2. The fraction of sp³-hybridized carbons (Fsp3) is 0.0769. The molecule has 0 saturated carbocycles. The molecule has 0 bridgehead atoms. The Hall–Kier alpha value is -2.56. The van der Waals surface area contributed by atoms with Gasteiger partial charge in [-0.15, -0.1) is 0 Å². The van der Waals surface area contributed by atoms with Crippen LogP contribution in [-0.2, 0) is 0 Å². The van der Waals surface area contributed by atoms with E-state index in [-0.39, 0.29) is 0 Å². The SMILES string of the molecule is Cc1ccoc1-c1[nH]nc(N)c1-c1cccnc1. The van der Waals surface area contributed by atoms with Crippen molar-refractivity contribution in [3.05, 3.63) is 42.4 Å². The number of hydrogen-bond acceptors (Lipinski definition) is 4. The second-order valence-electron chi connectivity index (χ2n) is 4.03. The Labute approximate surface area is 104 Å². The number of H-pyrrole nitrogens is 1. The number of rotatable bonds is 2. The lowest BCUT2D eigenvalue weighted by Crippen LogP contribution is -1.89. The highest BCUT2D eigenvalue weighted by Gasteiger charge is 2.18. The van der Waals surface area contributed by atoms with E-state index in [1.165, 1.54) is 0 Å². The van der Waals surface area contributed by atoms with E-state index in [2.05, 4.69) is 15.2 Å². The van der Waals surface area contributed by atoms with Gasteiger partial charge in [0.05, 0.1) is 11.8 Å². The summed E-state index contributed by atoms with van der Waals surface area (Å²) in [6.07, 6.45) is 5.12. The number of pyridine rings is 1. The number of aryl methyl sites for hydroxylation is 1. The normalized spacial score (nSPS) is 10.7. The standard InChI is InChI=1S/C13H12N4O/c1-8-4-6-18-12(8)11-10(13(14)17-16-11)9-3-2-5-15-7-9/h2-7H,1H3,(H3,14,16,17). The molecule has 90 valence electrons. The van der Waals surface area contributed by atoms with Gasteiger partial charge in [-0.05, 0) is 24.6 Å². The van der Waals surface area contributed by atoms with Crippen molar-refractivity contribution in [2.24, 2.45) is 0 Å². The fourth-order valence-electron chi connectivity index (χ4n) is 1.95. The van der Waals surface area contributed by atoms with Crippen molar-refractivity contribution in [3.63, 3.8) is 0 Å². The molecule has 0 radical (unpaired) electrons. The maximum atomic E-state index is 5.92. The third-order valence-corrected chi connectivity index (χ3v) is 2.83. The Kier molecular flexibility index (Phi) is 2.37. The van der Waals surface area contributed by atoms with Gasteiger partial charge < -0.3 is 10.2 Å². The minimum Gasteiger partial charge on any atom is -0.462 e. The molecule has 0 aromatic carbocycles. The molecule has 3 heterocycles. The van der Waals surface area contributed by atoms with Gasteiger partial charge in [0.1, 0.15) is 5.69 Å². The maximum absolute atomic E-state index is 5.92. The quantitative estimate of drug-likeness (QED) is 0.721. The third-order valence-electron chi connectivity index (χ3n) is 2.83. The number of anilines is 1. The molecule has 0 aliphatic rings. The summed E-state index contributed by atoms with van der Waals surface area (Å²) >= 11 is 0. The van der Waals surface area contributed by atoms with Crippen LogP contribution in [0.25, 0.3) is 22.6 Å². The average molecular weight is 240 g/mol. The highest BCUT2D eigenvalue weighted by atomic mass is 16.3. The number of hydrogen-bond donors (Lipinski definition) is 2. The monoisotopic (exact) mass is 240 g/mol. The number of aromatic nitrogens is 3. The van der Waals surface area contributed by atoms with Crippen LogP contribution in [0.1, 0.15) is 5.56 Å². The lowest BCUT2D eigenvalue weighted by Gasteiger charge is -2.02. The van der Waals surface area contributed by atoms with E-state index >= 15 is 0 Å². The fourth-order valence-corrected chi connectivity index (χ4v) is 1.95. The van der Waals surface area contributed by atoms with Crippen LogP contribution in [-0.4, -0.2) is 15.2 Å². The summed E-state index contributed by atoms with van der Waals surface area (Å²) in [5, 5.41) is 6.97. The van der Waals surface area contributed by atoms with Crippen molar-refractivity contribution in [3.8, 4) is 22.6 Å². The number of nitrogens with two attached hydrogens (primary N) is 1. The number of furan rings is 1. The molecule has 0 atom stereocenters. The van der Waals surface area contributed by atoms with Gasteiger partial charge in [-0.25, -0.2) is 0 Å². The lowest BCUT2D eigenvalue weighted by atomic mass is 10.0. The molecule has 3 aromatic heterocycles. The van der Waals surface area contributed by atoms with Gasteiger partial charge in [-0.3, -0.25) is 10.1 Å².